The normalized spacial score (nSPS) is 18.2. The van der Waals surface area contributed by atoms with Crippen molar-refractivity contribution in [2.45, 2.75) is 25.9 Å². The number of nitrogens with zero attached hydrogens (tertiary/aromatic N) is 3. The molecule has 1 aliphatic rings. The molecule has 1 atom stereocenters. The standard InChI is InChI=1S/C15H19N3O5S2/c1-10(13-16-17-14(23-13)12-4-3-9-24-12)22-15(19)11-5-7-18(8-6-11)25(2,20)21/h3-4,9-11H,5-8H2,1-2H3/t10-/m0/s1. The van der Waals surface area contributed by atoms with Crippen molar-refractivity contribution < 1.29 is 22.4 Å². The van der Waals surface area contributed by atoms with E-state index < -0.39 is 16.1 Å². The summed E-state index contributed by atoms with van der Waals surface area (Å²) in [5.41, 5.74) is 0. The molecule has 3 heterocycles. The first-order valence-electron chi connectivity index (χ1n) is 7.87. The highest BCUT2D eigenvalue weighted by atomic mass is 32.2. The quantitative estimate of drug-likeness (QED) is 0.726. The van der Waals surface area contributed by atoms with Crippen LogP contribution in [-0.2, 0) is 19.6 Å². The predicted molar refractivity (Wildman–Crippen MR) is 91.3 cm³/mol. The summed E-state index contributed by atoms with van der Waals surface area (Å²) in [6.07, 6.45) is 1.42. The van der Waals surface area contributed by atoms with Gasteiger partial charge in [0.1, 0.15) is 0 Å². The number of thiophene rings is 1. The zero-order chi connectivity index (χ0) is 18.0. The van der Waals surface area contributed by atoms with E-state index in [2.05, 4.69) is 10.2 Å². The van der Waals surface area contributed by atoms with Crippen molar-refractivity contribution in [3.63, 3.8) is 0 Å². The second-order valence-corrected chi connectivity index (χ2v) is 8.87. The molecule has 1 fully saturated rings. The van der Waals surface area contributed by atoms with Crippen molar-refractivity contribution in [2.75, 3.05) is 19.3 Å². The molecule has 25 heavy (non-hydrogen) atoms. The average molecular weight is 385 g/mol. The largest absolute Gasteiger partial charge is 0.452 e. The van der Waals surface area contributed by atoms with Gasteiger partial charge in [-0.25, -0.2) is 12.7 Å². The third-order valence-electron chi connectivity index (χ3n) is 4.07. The fraction of sp³-hybridized carbons (Fsp3) is 0.533. The van der Waals surface area contributed by atoms with E-state index in [9.17, 15) is 13.2 Å². The molecule has 0 amide bonds. The first-order chi connectivity index (χ1) is 11.8. The lowest BCUT2D eigenvalue weighted by Crippen LogP contribution is -2.40. The Labute approximate surface area is 149 Å². The number of ether oxygens (including phenoxy) is 1. The van der Waals surface area contributed by atoms with Crippen LogP contribution < -0.4 is 0 Å². The Bertz CT molecular complexity index is 823. The maximum atomic E-state index is 12.3. The maximum absolute atomic E-state index is 12.3. The van der Waals surface area contributed by atoms with Crippen LogP contribution in [0.3, 0.4) is 0 Å². The van der Waals surface area contributed by atoms with Gasteiger partial charge >= 0.3 is 5.97 Å². The number of rotatable bonds is 5. The zero-order valence-electron chi connectivity index (χ0n) is 13.9. The molecule has 2 aromatic rings. The molecular formula is C15H19N3O5S2. The molecule has 3 rings (SSSR count). The van der Waals surface area contributed by atoms with Gasteiger partial charge in [0.2, 0.25) is 10.0 Å². The van der Waals surface area contributed by atoms with Crippen molar-refractivity contribution in [1.29, 1.82) is 0 Å². The Morgan fingerprint density at radius 2 is 2.12 bits per heavy atom. The van der Waals surface area contributed by atoms with E-state index in [0.717, 1.165) is 4.88 Å². The van der Waals surface area contributed by atoms with E-state index in [1.807, 2.05) is 17.5 Å². The molecular weight excluding hydrogens is 366 g/mol. The van der Waals surface area contributed by atoms with E-state index >= 15 is 0 Å². The smallest absolute Gasteiger partial charge is 0.309 e. The Balaban J connectivity index is 1.56. The van der Waals surface area contributed by atoms with Gasteiger partial charge in [-0.1, -0.05) is 6.07 Å². The number of piperidine rings is 1. The molecule has 0 unspecified atom stereocenters. The van der Waals surface area contributed by atoms with E-state index in [1.165, 1.54) is 21.9 Å². The molecule has 0 aliphatic carbocycles. The Morgan fingerprint density at radius 1 is 1.40 bits per heavy atom. The average Bonchev–Trinajstić information content (AvgIpc) is 3.25. The first-order valence-corrected chi connectivity index (χ1v) is 10.6. The third-order valence-corrected chi connectivity index (χ3v) is 6.23. The van der Waals surface area contributed by atoms with Crippen LogP contribution in [0.2, 0.25) is 0 Å². The van der Waals surface area contributed by atoms with E-state index in [-0.39, 0.29) is 17.8 Å². The van der Waals surface area contributed by atoms with Gasteiger partial charge in [-0.2, -0.15) is 0 Å². The topological polar surface area (TPSA) is 103 Å². The zero-order valence-corrected chi connectivity index (χ0v) is 15.5. The van der Waals surface area contributed by atoms with Crippen LogP contribution in [0.4, 0.5) is 0 Å². The summed E-state index contributed by atoms with van der Waals surface area (Å²) in [4.78, 5) is 13.1. The van der Waals surface area contributed by atoms with Crippen LogP contribution >= 0.6 is 11.3 Å². The van der Waals surface area contributed by atoms with Crippen LogP contribution in [0.25, 0.3) is 10.8 Å². The van der Waals surface area contributed by atoms with Gasteiger partial charge < -0.3 is 9.15 Å². The second-order valence-electron chi connectivity index (χ2n) is 5.94. The number of carbonyl (C=O) groups is 1. The molecule has 1 saturated heterocycles. The summed E-state index contributed by atoms with van der Waals surface area (Å²) in [5, 5.41) is 9.81. The van der Waals surface area contributed by atoms with Gasteiger partial charge in [0.25, 0.3) is 11.8 Å². The molecule has 10 heteroatoms. The molecule has 0 radical (unpaired) electrons. The van der Waals surface area contributed by atoms with Gasteiger partial charge in [-0.15, -0.1) is 21.5 Å². The minimum absolute atomic E-state index is 0.241. The summed E-state index contributed by atoms with van der Waals surface area (Å²) in [6, 6.07) is 3.75. The molecule has 0 aromatic carbocycles. The molecule has 0 N–H and O–H groups in total. The molecule has 0 spiro atoms. The lowest BCUT2D eigenvalue weighted by molar-refractivity contribution is -0.156. The number of aromatic nitrogens is 2. The number of carbonyl (C=O) groups excluding carboxylic acids is 1. The van der Waals surface area contributed by atoms with Crippen LogP contribution in [-0.4, -0.2) is 48.2 Å². The molecule has 8 nitrogen and oxygen atoms in total. The highest BCUT2D eigenvalue weighted by Gasteiger charge is 2.31. The fourth-order valence-electron chi connectivity index (χ4n) is 2.64. The molecule has 136 valence electrons. The summed E-state index contributed by atoms with van der Waals surface area (Å²) in [6.45, 7) is 2.33. The third kappa shape index (κ3) is 4.25. The monoisotopic (exact) mass is 385 g/mol. The van der Waals surface area contributed by atoms with E-state index in [4.69, 9.17) is 9.15 Å². The summed E-state index contributed by atoms with van der Waals surface area (Å²) in [5.74, 6) is -0.0451. The Morgan fingerprint density at radius 3 is 2.72 bits per heavy atom. The lowest BCUT2D eigenvalue weighted by Gasteiger charge is -2.29. The summed E-state index contributed by atoms with van der Waals surface area (Å²) < 4.78 is 35.4. The van der Waals surface area contributed by atoms with Gasteiger partial charge in [-0.05, 0) is 31.2 Å². The number of hydrogen-bond acceptors (Lipinski definition) is 8. The minimum Gasteiger partial charge on any atom is -0.452 e. The Hall–Kier alpha value is -1.78. The van der Waals surface area contributed by atoms with E-state index in [1.54, 1.807) is 6.92 Å². The predicted octanol–water partition coefficient (Wildman–Crippen LogP) is 2.07. The van der Waals surface area contributed by atoms with Gasteiger partial charge in [0.05, 0.1) is 17.1 Å². The first kappa shape index (κ1) is 18.0. The number of hydrogen-bond donors (Lipinski definition) is 0. The minimum atomic E-state index is -3.21. The molecule has 1 aliphatic heterocycles. The highest BCUT2D eigenvalue weighted by molar-refractivity contribution is 7.88. The van der Waals surface area contributed by atoms with E-state index in [0.29, 0.717) is 31.8 Å². The molecule has 0 saturated carbocycles. The highest BCUT2D eigenvalue weighted by Crippen LogP contribution is 2.27. The van der Waals surface area contributed by atoms with Crippen molar-refractivity contribution in [2.24, 2.45) is 5.92 Å². The van der Waals surface area contributed by atoms with Crippen LogP contribution in [0.15, 0.2) is 21.9 Å². The van der Waals surface area contributed by atoms with Gasteiger partial charge in [0.15, 0.2) is 6.10 Å². The van der Waals surface area contributed by atoms with Crippen molar-refractivity contribution in [1.82, 2.24) is 14.5 Å². The van der Waals surface area contributed by atoms with Crippen LogP contribution in [0, 0.1) is 5.92 Å². The van der Waals surface area contributed by atoms with Crippen LogP contribution in [0.1, 0.15) is 31.8 Å². The SMILES string of the molecule is C[C@H](OC(=O)C1CCN(S(C)(=O)=O)CC1)c1nnc(-c2cccs2)o1. The van der Waals surface area contributed by atoms with Gasteiger partial charge in [-0.3, -0.25) is 4.79 Å². The van der Waals surface area contributed by atoms with Crippen molar-refractivity contribution >= 4 is 27.3 Å². The summed E-state index contributed by atoms with van der Waals surface area (Å²) in [7, 11) is -3.21. The summed E-state index contributed by atoms with van der Waals surface area (Å²) >= 11 is 1.48. The Kier molecular flexibility index (Phi) is 5.21. The fourth-order valence-corrected chi connectivity index (χ4v) is 4.16. The molecule has 2 aromatic heterocycles. The lowest BCUT2D eigenvalue weighted by atomic mass is 9.98. The molecule has 0 bridgehead atoms. The van der Waals surface area contributed by atoms with Crippen molar-refractivity contribution in [3.05, 3.63) is 23.4 Å². The number of sulfonamides is 1. The van der Waals surface area contributed by atoms with Crippen LogP contribution in [0.5, 0.6) is 0 Å². The second kappa shape index (κ2) is 7.22. The number of esters is 1. The maximum Gasteiger partial charge on any atom is 0.309 e. The van der Waals surface area contributed by atoms with Crippen molar-refractivity contribution in [3.8, 4) is 10.8 Å². The van der Waals surface area contributed by atoms with Gasteiger partial charge in [0, 0.05) is 13.1 Å².